The minimum Gasteiger partial charge on any atom is -0.455 e. The van der Waals surface area contributed by atoms with Crippen molar-refractivity contribution in [3.05, 3.63) is 86.4 Å². The van der Waals surface area contributed by atoms with Crippen molar-refractivity contribution in [3.63, 3.8) is 0 Å². The van der Waals surface area contributed by atoms with Crippen molar-refractivity contribution in [1.29, 1.82) is 0 Å². The van der Waals surface area contributed by atoms with Gasteiger partial charge in [0.1, 0.15) is 11.5 Å². The zero-order chi connectivity index (χ0) is 18.1. The summed E-state index contributed by atoms with van der Waals surface area (Å²) < 4.78 is 11.6. The number of para-hydroxylation sites is 1. The summed E-state index contributed by atoms with van der Waals surface area (Å²) in [5.74, 6) is 0.941. The van der Waals surface area contributed by atoms with Gasteiger partial charge in [-0.25, -0.2) is 4.79 Å². The fraction of sp³-hybridized carbons (Fsp3) is 0.0500. The van der Waals surface area contributed by atoms with Crippen LogP contribution in [0.4, 0.5) is 0 Å². The number of hydrogen-bond acceptors (Lipinski definition) is 3. The van der Waals surface area contributed by atoms with Crippen LogP contribution >= 0.6 is 34.8 Å². The van der Waals surface area contributed by atoms with Crippen LogP contribution in [0.1, 0.15) is 16.7 Å². The Morgan fingerprint density at radius 3 is 2.31 bits per heavy atom. The molecular formula is C20H9Cl3O3. The number of hydrogen-bond donors (Lipinski definition) is 0. The van der Waals surface area contributed by atoms with Gasteiger partial charge in [0.2, 0.25) is 0 Å². The lowest BCUT2D eigenvalue weighted by molar-refractivity contribution is -0.135. The van der Waals surface area contributed by atoms with Crippen LogP contribution in [0, 0.1) is 0 Å². The topological polar surface area (TPSA) is 35.5 Å². The third-order valence-corrected chi connectivity index (χ3v) is 5.50. The Hall–Kier alpha value is -2.20. The second-order valence-electron chi connectivity index (χ2n) is 6.14. The first-order valence-electron chi connectivity index (χ1n) is 7.81. The first kappa shape index (κ1) is 16.0. The Balaban J connectivity index is 1.98. The number of fused-ring (bicyclic) bond motifs is 6. The molecule has 0 radical (unpaired) electrons. The molecule has 1 unspecified atom stereocenters. The van der Waals surface area contributed by atoms with Crippen LogP contribution in [0.3, 0.4) is 0 Å². The number of benzene rings is 3. The first-order chi connectivity index (χ1) is 12.5. The normalized spacial score (nSPS) is 19.4. The molecule has 3 aromatic rings. The monoisotopic (exact) mass is 402 g/mol. The molecule has 0 bridgehead atoms. The molecule has 0 amide bonds. The van der Waals surface area contributed by atoms with Crippen molar-refractivity contribution < 1.29 is 14.3 Å². The average Bonchev–Trinajstić information content (AvgIpc) is 2.90. The smallest absolute Gasteiger partial charge is 0.331 e. The zero-order valence-electron chi connectivity index (χ0n) is 13.1. The van der Waals surface area contributed by atoms with Crippen LogP contribution in [0.25, 0.3) is 0 Å². The van der Waals surface area contributed by atoms with Gasteiger partial charge >= 0.3 is 5.97 Å². The maximum atomic E-state index is 13.3. The predicted octanol–water partition coefficient (Wildman–Crippen LogP) is 6.01. The number of carbonyl (C=O) groups excluding carboxylic acids is 1. The second-order valence-corrected chi connectivity index (χ2v) is 7.42. The summed E-state index contributed by atoms with van der Waals surface area (Å²) in [6.45, 7) is 0. The minimum absolute atomic E-state index is 0.324. The van der Waals surface area contributed by atoms with Crippen LogP contribution < -0.4 is 9.47 Å². The third-order valence-electron chi connectivity index (χ3n) is 4.77. The van der Waals surface area contributed by atoms with E-state index in [0.29, 0.717) is 49.0 Å². The van der Waals surface area contributed by atoms with E-state index in [0.717, 1.165) is 0 Å². The fourth-order valence-electron chi connectivity index (χ4n) is 3.74. The van der Waals surface area contributed by atoms with Gasteiger partial charge in [-0.05, 0) is 36.4 Å². The molecule has 0 N–H and O–H groups in total. The largest absolute Gasteiger partial charge is 0.455 e. The molecule has 3 nitrogen and oxygen atoms in total. The number of rotatable bonds is 0. The summed E-state index contributed by atoms with van der Waals surface area (Å²) in [6, 6.07) is 15.7. The molecule has 6 heteroatoms. The van der Waals surface area contributed by atoms with Crippen molar-refractivity contribution in [3.8, 4) is 17.2 Å². The molecule has 0 saturated heterocycles. The van der Waals surface area contributed by atoms with E-state index in [1.54, 1.807) is 36.4 Å². The van der Waals surface area contributed by atoms with Gasteiger partial charge in [-0.2, -0.15) is 0 Å². The Morgan fingerprint density at radius 1 is 0.731 bits per heavy atom. The standard InChI is InChI=1S/C20H9Cl3O3/c21-10-5-6-17-13(7-10)20(12-3-1-2-4-16(12)26-19(20)24)14-8-11(22)9-15(23)18(14)25-17/h1-9H. The van der Waals surface area contributed by atoms with Gasteiger partial charge in [0, 0.05) is 26.7 Å². The highest BCUT2D eigenvalue weighted by Crippen LogP contribution is 2.59. The Kier molecular flexibility index (Phi) is 3.32. The van der Waals surface area contributed by atoms with E-state index in [9.17, 15) is 4.79 Å². The van der Waals surface area contributed by atoms with Crippen LogP contribution in [-0.2, 0) is 10.2 Å². The molecule has 0 aliphatic carbocycles. The fourth-order valence-corrected chi connectivity index (χ4v) is 4.45. The highest BCUT2D eigenvalue weighted by atomic mass is 35.5. The number of halogens is 3. The van der Waals surface area contributed by atoms with Gasteiger partial charge in [-0.1, -0.05) is 53.0 Å². The van der Waals surface area contributed by atoms with E-state index < -0.39 is 11.4 Å². The second kappa shape index (κ2) is 5.40. The quantitative estimate of drug-likeness (QED) is 0.341. The molecule has 5 rings (SSSR count). The van der Waals surface area contributed by atoms with Gasteiger partial charge in [0.25, 0.3) is 0 Å². The van der Waals surface area contributed by atoms with Gasteiger partial charge in [-0.3, -0.25) is 0 Å². The van der Waals surface area contributed by atoms with Gasteiger partial charge < -0.3 is 9.47 Å². The van der Waals surface area contributed by atoms with Crippen LogP contribution in [0.15, 0.2) is 54.6 Å². The van der Waals surface area contributed by atoms with E-state index in [1.807, 2.05) is 18.2 Å². The molecular weight excluding hydrogens is 395 g/mol. The molecule has 1 atom stereocenters. The summed E-state index contributed by atoms with van der Waals surface area (Å²) in [5.41, 5.74) is 0.612. The summed E-state index contributed by atoms with van der Waals surface area (Å²) >= 11 is 18.9. The van der Waals surface area contributed by atoms with E-state index in [-0.39, 0.29) is 0 Å². The molecule has 1 spiro atoms. The molecule has 2 aliphatic heterocycles. The lowest BCUT2D eigenvalue weighted by Crippen LogP contribution is -2.39. The van der Waals surface area contributed by atoms with Crippen molar-refractivity contribution in [2.75, 3.05) is 0 Å². The van der Waals surface area contributed by atoms with Gasteiger partial charge in [0.05, 0.1) is 5.02 Å². The summed E-state index contributed by atoms with van der Waals surface area (Å²) in [5, 5.41) is 1.21. The van der Waals surface area contributed by atoms with Crippen LogP contribution in [0.2, 0.25) is 15.1 Å². The molecule has 2 heterocycles. The lowest BCUT2D eigenvalue weighted by Gasteiger charge is -2.35. The number of ether oxygens (including phenoxy) is 2. The first-order valence-corrected chi connectivity index (χ1v) is 8.94. The molecule has 128 valence electrons. The van der Waals surface area contributed by atoms with E-state index in [4.69, 9.17) is 44.3 Å². The van der Waals surface area contributed by atoms with E-state index >= 15 is 0 Å². The summed E-state index contributed by atoms with van der Waals surface area (Å²) in [7, 11) is 0. The van der Waals surface area contributed by atoms with Gasteiger partial charge in [0.15, 0.2) is 11.2 Å². The number of carbonyl (C=O) groups is 1. The Labute approximate surface area is 164 Å². The predicted molar refractivity (Wildman–Crippen MR) is 99.9 cm³/mol. The van der Waals surface area contributed by atoms with Crippen molar-refractivity contribution in [2.45, 2.75) is 5.41 Å². The Bertz CT molecular complexity index is 1110. The molecule has 0 aromatic heterocycles. The molecule has 26 heavy (non-hydrogen) atoms. The molecule has 2 aliphatic rings. The highest BCUT2D eigenvalue weighted by molar-refractivity contribution is 6.36. The molecule has 0 fully saturated rings. The average molecular weight is 404 g/mol. The maximum Gasteiger partial charge on any atom is 0.331 e. The maximum absolute atomic E-state index is 13.3. The van der Waals surface area contributed by atoms with Crippen molar-refractivity contribution in [2.24, 2.45) is 0 Å². The van der Waals surface area contributed by atoms with Crippen molar-refractivity contribution >= 4 is 40.8 Å². The van der Waals surface area contributed by atoms with E-state index in [2.05, 4.69) is 0 Å². The summed E-state index contributed by atoms with van der Waals surface area (Å²) in [6.07, 6.45) is 0. The SMILES string of the molecule is O=C1Oc2ccccc2C12c1cc(Cl)ccc1Oc1c(Cl)cc(Cl)cc12. The lowest BCUT2D eigenvalue weighted by atomic mass is 9.68. The van der Waals surface area contributed by atoms with Crippen LogP contribution in [0.5, 0.6) is 17.2 Å². The van der Waals surface area contributed by atoms with Crippen molar-refractivity contribution in [1.82, 2.24) is 0 Å². The Morgan fingerprint density at radius 2 is 1.46 bits per heavy atom. The minimum atomic E-state index is -1.24. The zero-order valence-corrected chi connectivity index (χ0v) is 15.3. The van der Waals surface area contributed by atoms with Crippen LogP contribution in [-0.4, -0.2) is 5.97 Å². The molecule has 0 saturated carbocycles. The summed E-state index contributed by atoms with van der Waals surface area (Å²) in [4.78, 5) is 13.3. The third kappa shape index (κ3) is 1.94. The highest BCUT2D eigenvalue weighted by Gasteiger charge is 2.57. The molecule has 3 aromatic carbocycles. The number of esters is 1. The van der Waals surface area contributed by atoms with E-state index in [1.165, 1.54) is 0 Å². The van der Waals surface area contributed by atoms with Gasteiger partial charge in [-0.15, -0.1) is 0 Å².